The van der Waals surface area contributed by atoms with E-state index in [-0.39, 0.29) is 6.61 Å². The minimum Gasteiger partial charge on any atom is -0.458 e. The third-order valence-corrected chi connectivity index (χ3v) is 9.01. The van der Waals surface area contributed by atoms with Crippen molar-refractivity contribution in [3.05, 3.63) is 246 Å². The topological polar surface area (TPSA) is 29.5 Å². The first kappa shape index (κ1) is 34.5. The van der Waals surface area contributed by atoms with Crippen LogP contribution < -0.4 is 4.90 Å². The standard InChI is InChI=1S/C50H39NO2/c1-2-50(52)53-37-40-27-33-47(34-28-40)51(45-29-23-38(24-30-45)35-48(41-15-7-3-8-16-41)42-17-9-4-10-18-42)46-31-25-39(26-32-46)36-49(43-19-11-5-12-20-43)44-21-13-6-14-22-44/h2-36H,1,37H2. The largest absolute Gasteiger partial charge is 0.458 e. The molecule has 0 spiro atoms. The molecular weight excluding hydrogens is 647 g/mol. The van der Waals surface area contributed by atoms with Crippen LogP contribution in [0.25, 0.3) is 23.3 Å². The van der Waals surface area contributed by atoms with Gasteiger partial charge in [0.25, 0.3) is 0 Å². The predicted molar refractivity (Wildman–Crippen MR) is 221 cm³/mol. The minimum absolute atomic E-state index is 0.184. The summed E-state index contributed by atoms with van der Waals surface area (Å²) in [5, 5.41) is 0. The van der Waals surface area contributed by atoms with Crippen LogP contribution in [-0.2, 0) is 16.1 Å². The van der Waals surface area contributed by atoms with E-state index in [4.69, 9.17) is 4.74 Å². The smallest absolute Gasteiger partial charge is 0.330 e. The SMILES string of the molecule is C=CC(=O)OCc1ccc(N(c2ccc(C=C(c3ccccc3)c3ccccc3)cc2)c2ccc(C=C(c3ccccc3)c3ccccc3)cc2)cc1. The summed E-state index contributed by atoms with van der Waals surface area (Å²) in [6.07, 6.45) is 5.67. The highest BCUT2D eigenvalue weighted by atomic mass is 16.5. The Morgan fingerprint density at radius 3 is 1.09 bits per heavy atom. The second kappa shape index (κ2) is 16.8. The molecule has 0 aliphatic carbocycles. The van der Waals surface area contributed by atoms with E-state index in [2.05, 4.69) is 181 Å². The van der Waals surface area contributed by atoms with E-state index >= 15 is 0 Å². The molecule has 0 atom stereocenters. The molecule has 7 rings (SSSR count). The van der Waals surface area contributed by atoms with Gasteiger partial charge in [-0.05, 0) is 98.6 Å². The van der Waals surface area contributed by atoms with E-state index in [9.17, 15) is 4.79 Å². The maximum atomic E-state index is 11.7. The van der Waals surface area contributed by atoms with E-state index in [1.165, 1.54) is 28.3 Å². The van der Waals surface area contributed by atoms with Gasteiger partial charge in [0.05, 0.1) is 0 Å². The third-order valence-electron chi connectivity index (χ3n) is 9.01. The van der Waals surface area contributed by atoms with Crippen molar-refractivity contribution in [2.45, 2.75) is 6.61 Å². The minimum atomic E-state index is -0.440. The van der Waals surface area contributed by atoms with Gasteiger partial charge >= 0.3 is 5.97 Å². The molecule has 7 aromatic carbocycles. The molecule has 0 aliphatic heterocycles. The fraction of sp³-hybridized carbons (Fsp3) is 0.0200. The van der Waals surface area contributed by atoms with Gasteiger partial charge in [-0.15, -0.1) is 0 Å². The lowest BCUT2D eigenvalue weighted by Crippen LogP contribution is -2.10. The van der Waals surface area contributed by atoms with Crippen LogP contribution in [0, 0.1) is 0 Å². The average Bonchev–Trinajstić information content (AvgIpc) is 3.24. The summed E-state index contributed by atoms with van der Waals surface area (Å²) in [5.41, 5.74) is 13.1. The Hall–Kier alpha value is -6.97. The Morgan fingerprint density at radius 2 is 0.774 bits per heavy atom. The molecule has 0 N–H and O–H groups in total. The molecule has 3 heteroatoms. The van der Waals surface area contributed by atoms with Gasteiger partial charge in [0.15, 0.2) is 0 Å². The van der Waals surface area contributed by atoms with Crippen molar-refractivity contribution in [2.75, 3.05) is 4.90 Å². The van der Waals surface area contributed by atoms with Crippen molar-refractivity contribution >= 4 is 46.3 Å². The van der Waals surface area contributed by atoms with E-state index in [0.717, 1.165) is 44.9 Å². The predicted octanol–water partition coefficient (Wildman–Crippen LogP) is 12.6. The van der Waals surface area contributed by atoms with Gasteiger partial charge in [-0.25, -0.2) is 4.79 Å². The summed E-state index contributed by atoms with van der Waals surface area (Å²) in [6.45, 7) is 3.68. The number of hydrogen-bond acceptors (Lipinski definition) is 3. The molecule has 0 fully saturated rings. The quantitative estimate of drug-likeness (QED) is 0.0728. The lowest BCUT2D eigenvalue weighted by molar-refractivity contribution is -0.138. The first-order chi connectivity index (χ1) is 26.1. The van der Waals surface area contributed by atoms with Gasteiger partial charge in [0.1, 0.15) is 6.61 Å². The first-order valence-corrected chi connectivity index (χ1v) is 17.7. The molecule has 0 radical (unpaired) electrons. The Bertz CT molecular complexity index is 2090. The zero-order chi connectivity index (χ0) is 36.2. The Morgan fingerprint density at radius 1 is 0.453 bits per heavy atom. The van der Waals surface area contributed by atoms with Crippen molar-refractivity contribution in [1.82, 2.24) is 0 Å². The van der Waals surface area contributed by atoms with Crippen LogP contribution in [-0.4, -0.2) is 5.97 Å². The van der Waals surface area contributed by atoms with Gasteiger partial charge in [-0.3, -0.25) is 0 Å². The Balaban J connectivity index is 1.25. The van der Waals surface area contributed by atoms with Crippen LogP contribution >= 0.6 is 0 Å². The molecule has 0 aliphatic rings. The number of ether oxygens (including phenoxy) is 1. The van der Waals surface area contributed by atoms with E-state index in [0.29, 0.717) is 0 Å². The Labute approximate surface area is 312 Å². The molecule has 256 valence electrons. The molecule has 53 heavy (non-hydrogen) atoms. The summed E-state index contributed by atoms with van der Waals surface area (Å²) in [7, 11) is 0. The number of hydrogen-bond donors (Lipinski definition) is 0. The lowest BCUT2D eigenvalue weighted by Gasteiger charge is -2.26. The fourth-order valence-electron chi connectivity index (χ4n) is 6.31. The molecule has 0 amide bonds. The molecule has 0 saturated heterocycles. The van der Waals surface area contributed by atoms with Crippen LogP contribution in [0.3, 0.4) is 0 Å². The molecule has 7 aromatic rings. The highest BCUT2D eigenvalue weighted by Gasteiger charge is 2.14. The number of carbonyl (C=O) groups is 1. The van der Waals surface area contributed by atoms with Crippen molar-refractivity contribution in [3.63, 3.8) is 0 Å². The zero-order valence-electron chi connectivity index (χ0n) is 29.4. The van der Waals surface area contributed by atoms with Crippen molar-refractivity contribution in [2.24, 2.45) is 0 Å². The maximum Gasteiger partial charge on any atom is 0.330 e. The fourth-order valence-corrected chi connectivity index (χ4v) is 6.31. The van der Waals surface area contributed by atoms with Crippen molar-refractivity contribution in [1.29, 1.82) is 0 Å². The normalized spacial score (nSPS) is 10.5. The van der Waals surface area contributed by atoms with Crippen LogP contribution in [0.4, 0.5) is 17.1 Å². The van der Waals surface area contributed by atoms with Crippen LogP contribution in [0.15, 0.2) is 207 Å². The second-order valence-corrected chi connectivity index (χ2v) is 12.6. The van der Waals surface area contributed by atoms with Crippen molar-refractivity contribution in [3.8, 4) is 0 Å². The Kier molecular flexibility index (Phi) is 10.9. The van der Waals surface area contributed by atoms with Gasteiger partial charge in [-0.1, -0.05) is 164 Å². The number of nitrogens with zero attached hydrogens (tertiary/aromatic N) is 1. The number of esters is 1. The third kappa shape index (κ3) is 8.68. The second-order valence-electron chi connectivity index (χ2n) is 12.6. The monoisotopic (exact) mass is 685 g/mol. The van der Waals surface area contributed by atoms with E-state index < -0.39 is 5.97 Å². The van der Waals surface area contributed by atoms with E-state index in [1.807, 2.05) is 36.4 Å². The zero-order valence-corrected chi connectivity index (χ0v) is 29.4. The molecule has 0 heterocycles. The molecule has 0 aromatic heterocycles. The van der Waals surface area contributed by atoms with Crippen molar-refractivity contribution < 1.29 is 9.53 Å². The van der Waals surface area contributed by atoms with Crippen LogP contribution in [0.2, 0.25) is 0 Å². The summed E-state index contributed by atoms with van der Waals surface area (Å²) < 4.78 is 5.28. The lowest BCUT2D eigenvalue weighted by atomic mass is 9.95. The molecular formula is C50H39NO2. The average molecular weight is 686 g/mol. The number of benzene rings is 7. The molecule has 0 bridgehead atoms. The molecule has 0 saturated carbocycles. The van der Waals surface area contributed by atoms with Gasteiger partial charge in [-0.2, -0.15) is 0 Å². The summed E-state index contributed by atoms with van der Waals surface area (Å²) in [6, 6.07) is 67.4. The number of carbonyl (C=O) groups excluding carboxylic acids is 1. The summed E-state index contributed by atoms with van der Waals surface area (Å²) in [5.74, 6) is -0.440. The summed E-state index contributed by atoms with van der Waals surface area (Å²) in [4.78, 5) is 13.9. The first-order valence-electron chi connectivity index (χ1n) is 17.7. The van der Waals surface area contributed by atoms with Gasteiger partial charge in [0.2, 0.25) is 0 Å². The summed E-state index contributed by atoms with van der Waals surface area (Å²) >= 11 is 0. The number of anilines is 3. The van der Waals surface area contributed by atoms with E-state index in [1.54, 1.807) is 0 Å². The molecule has 3 nitrogen and oxygen atoms in total. The van der Waals surface area contributed by atoms with Gasteiger partial charge < -0.3 is 9.64 Å². The highest BCUT2D eigenvalue weighted by molar-refractivity contribution is 5.93. The molecule has 0 unspecified atom stereocenters. The maximum absolute atomic E-state index is 11.7. The van der Waals surface area contributed by atoms with Gasteiger partial charge in [0, 0.05) is 23.1 Å². The number of rotatable bonds is 12. The highest BCUT2D eigenvalue weighted by Crippen LogP contribution is 2.36. The van der Waals surface area contributed by atoms with Crippen LogP contribution in [0.5, 0.6) is 0 Å². The van der Waals surface area contributed by atoms with Crippen LogP contribution in [0.1, 0.15) is 38.9 Å².